The van der Waals surface area contributed by atoms with E-state index in [4.69, 9.17) is 9.47 Å². The number of nitrogens with zero attached hydrogens (tertiary/aromatic N) is 2. The van der Waals surface area contributed by atoms with E-state index in [1.54, 1.807) is 6.92 Å². The number of aromatic nitrogens is 2. The van der Waals surface area contributed by atoms with E-state index in [1.807, 2.05) is 18.2 Å². The number of methoxy groups -OCH3 is 1. The first-order valence-corrected chi connectivity index (χ1v) is 8.68. The van der Waals surface area contributed by atoms with Crippen LogP contribution in [-0.4, -0.2) is 40.8 Å². The van der Waals surface area contributed by atoms with Crippen molar-refractivity contribution in [1.29, 1.82) is 0 Å². The molecule has 1 fully saturated rings. The fraction of sp³-hybridized carbons (Fsp3) is 0.421. The molecule has 7 nitrogen and oxygen atoms in total. The van der Waals surface area contributed by atoms with Gasteiger partial charge in [-0.3, -0.25) is 0 Å². The minimum Gasteiger partial charge on any atom is -0.476 e. The summed E-state index contributed by atoms with van der Waals surface area (Å²) in [4.78, 5) is 19.5. The summed E-state index contributed by atoms with van der Waals surface area (Å²) in [6.45, 7) is 2.23. The predicted octanol–water partition coefficient (Wildman–Crippen LogP) is 3.21. The van der Waals surface area contributed by atoms with Crippen molar-refractivity contribution in [2.24, 2.45) is 0 Å². The molecule has 2 N–H and O–H groups in total. The number of carbonyl (C=O) groups is 1. The molecule has 0 aliphatic carbocycles. The number of anilines is 1. The van der Waals surface area contributed by atoms with Crippen molar-refractivity contribution in [3.8, 4) is 6.01 Å². The number of benzene rings is 1. The van der Waals surface area contributed by atoms with Gasteiger partial charge in [-0.15, -0.1) is 0 Å². The second-order valence-corrected chi connectivity index (χ2v) is 6.31. The summed E-state index contributed by atoms with van der Waals surface area (Å²) in [5.74, 6) is -0.649. The molecule has 2 atom stereocenters. The molecular formula is C19H23N3O4. The monoisotopic (exact) mass is 357 g/mol. The minimum atomic E-state index is -1.11. The number of rotatable bonds is 6. The summed E-state index contributed by atoms with van der Waals surface area (Å²) < 4.78 is 11.2. The topological polar surface area (TPSA) is 93.6 Å². The number of carboxylic acids is 1. The van der Waals surface area contributed by atoms with Crippen LogP contribution in [0.2, 0.25) is 0 Å². The van der Waals surface area contributed by atoms with Crippen molar-refractivity contribution in [2.75, 3.05) is 19.0 Å². The molecular weight excluding hydrogens is 334 g/mol. The Balaban J connectivity index is 1.69. The number of aromatic carboxylic acids is 1. The number of hydrogen-bond acceptors (Lipinski definition) is 6. The van der Waals surface area contributed by atoms with Crippen molar-refractivity contribution in [2.45, 2.75) is 38.4 Å². The first-order valence-electron chi connectivity index (χ1n) is 8.68. The van der Waals surface area contributed by atoms with Crippen LogP contribution in [0.15, 0.2) is 30.3 Å². The van der Waals surface area contributed by atoms with Crippen LogP contribution in [0.1, 0.15) is 47.0 Å². The molecule has 26 heavy (non-hydrogen) atoms. The third kappa shape index (κ3) is 4.11. The quantitative estimate of drug-likeness (QED) is 0.820. The highest BCUT2D eigenvalue weighted by molar-refractivity contribution is 5.88. The van der Waals surface area contributed by atoms with Gasteiger partial charge in [-0.1, -0.05) is 30.3 Å². The van der Waals surface area contributed by atoms with Gasteiger partial charge in [0.15, 0.2) is 5.69 Å². The molecule has 138 valence electrons. The lowest BCUT2D eigenvalue weighted by atomic mass is 9.98. The molecule has 0 spiro atoms. The lowest BCUT2D eigenvalue weighted by Gasteiger charge is -2.30. The fourth-order valence-corrected chi connectivity index (χ4v) is 3.14. The zero-order valence-electron chi connectivity index (χ0n) is 14.9. The van der Waals surface area contributed by atoms with Gasteiger partial charge in [-0.05, 0) is 31.7 Å². The van der Waals surface area contributed by atoms with Crippen molar-refractivity contribution < 1.29 is 19.4 Å². The molecule has 1 aliphatic heterocycles. The highest BCUT2D eigenvalue weighted by Crippen LogP contribution is 2.31. The van der Waals surface area contributed by atoms with E-state index < -0.39 is 5.97 Å². The Bertz CT molecular complexity index is 767. The maximum atomic E-state index is 11.3. The highest BCUT2D eigenvalue weighted by Gasteiger charge is 2.24. The smallest absolute Gasteiger partial charge is 0.355 e. The highest BCUT2D eigenvalue weighted by atomic mass is 16.5. The first-order chi connectivity index (χ1) is 12.6. The van der Waals surface area contributed by atoms with E-state index in [-0.39, 0.29) is 23.9 Å². The summed E-state index contributed by atoms with van der Waals surface area (Å²) >= 11 is 0. The average Bonchev–Trinajstić information content (AvgIpc) is 2.68. The van der Waals surface area contributed by atoms with E-state index in [2.05, 4.69) is 27.4 Å². The molecule has 1 aromatic carbocycles. The lowest BCUT2D eigenvalue weighted by molar-refractivity contribution is -0.0442. The van der Waals surface area contributed by atoms with E-state index in [1.165, 1.54) is 12.7 Å². The molecule has 0 amide bonds. The maximum Gasteiger partial charge on any atom is 0.355 e. The molecule has 0 radical (unpaired) electrons. The van der Waals surface area contributed by atoms with E-state index in [9.17, 15) is 9.90 Å². The Labute approximate surface area is 152 Å². The molecule has 1 saturated heterocycles. The van der Waals surface area contributed by atoms with Crippen LogP contribution < -0.4 is 10.1 Å². The van der Waals surface area contributed by atoms with Crippen LogP contribution in [-0.2, 0) is 4.74 Å². The van der Waals surface area contributed by atoms with E-state index >= 15 is 0 Å². The average molecular weight is 357 g/mol. The Morgan fingerprint density at radius 2 is 2.08 bits per heavy atom. The first kappa shape index (κ1) is 18.1. The van der Waals surface area contributed by atoms with Crippen LogP contribution in [0.25, 0.3) is 0 Å². The van der Waals surface area contributed by atoms with Crippen molar-refractivity contribution in [3.05, 3.63) is 47.2 Å². The third-order valence-electron chi connectivity index (χ3n) is 4.53. The van der Waals surface area contributed by atoms with Crippen LogP contribution in [0.4, 0.5) is 5.82 Å². The van der Waals surface area contributed by atoms with E-state index in [0.29, 0.717) is 17.9 Å². The molecule has 2 heterocycles. The molecule has 1 aliphatic rings. The number of carboxylic acid groups (broad SMARTS) is 1. The third-order valence-corrected chi connectivity index (χ3v) is 4.53. The van der Waals surface area contributed by atoms with Gasteiger partial charge in [-0.25, -0.2) is 4.79 Å². The molecule has 0 bridgehead atoms. The second kappa shape index (κ2) is 8.14. The van der Waals surface area contributed by atoms with Crippen molar-refractivity contribution in [3.63, 3.8) is 0 Å². The Morgan fingerprint density at radius 1 is 1.31 bits per heavy atom. The normalized spacial score (nSPS) is 19.8. The van der Waals surface area contributed by atoms with Crippen LogP contribution in [0.3, 0.4) is 0 Å². The minimum absolute atomic E-state index is 0.0298. The maximum absolute atomic E-state index is 11.3. The van der Waals surface area contributed by atoms with Gasteiger partial charge in [0.05, 0.1) is 19.3 Å². The Hall–Kier alpha value is -2.67. The summed E-state index contributed by atoms with van der Waals surface area (Å²) in [5, 5.41) is 12.5. The van der Waals surface area contributed by atoms with Crippen LogP contribution in [0, 0.1) is 6.92 Å². The molecule has 2 unspecified atom stereocenters. The lowest BCUT2D eigenvalue weighted by Crippen LogP contribution is -2.29. The Morgan fingerprint density at radius 3 is 2.77 bits per heavy atom. The number of ether oxygens (including phenoxy) is 2. The van der Waals surface area contributed by atoms with Gasteiger partial charge in [0.1, 0.15) is 5.82 Å². The van der Waals surface area contributed by atoms with Gasteiger partial charge in [0.2, 0.25) is 0 Å². The zero-order chi connectivity index (χ0) is 18.5. The zero-order valence-corrected chi connectivity index (χ0v) is 14.9. The fourth-order valence-electron chi connectivity index (χ4n) is 3.14. The SMILES string of the molecule is COc1nc(NCC2CCCC(c3ccccc3)O2)c(C)c(C(=O)O)n1. The standard InChI is InChI=1S/C19H23N3O4/c1-12-16(18(23)24)21-19(25-2)22-17(12)20-11-14-9-6-10-15(26-14)13-7-4-3-5-8-13/h3-5,7-8,14-15H,6,9-11H2,1-2H3,(H,23,24)(H,20,21,22). The van der Waals surface area contributed by atoms with Gasteiger partial charge >= 0.3 is 12.0 Å². The van der Waals surface area contributed by atoms with Crippen LogP contribution in [0.5, 0.6) is 6.01 Å². The summed E-state index contributed by atoms with van der Waals surface area (Å²) in [6, 6.07) is 10.2. The van der Waals surface area contributed by atoms with E-state index in [0.717, 1.165) is 19.3 Å². The predicted molar refractivity (Wildman–Crippen MR) is 96.7 cm³/mol. The van der Waals surface area contributed by atoms with Gasteiger partial charge in [0, 0.05) is 12.1 Å². The van der Waals surface area contributed by atoms with Gasteiger partial charge < -0.3 is 19.9 Å². The summed E-state index contributed by atoms with van der Waals surface area (Å²) in [6.07, 6.45) is 3.15. The Kier molecular flexibility index (Phi) is 5.68. The summed E-state index contributed by atoms with van der Waals surface area (Å²) in [7, 11) is 1.41. The van der Waals surface area contributed by atoms with Gasteiger partial charge in [0.25, 0.3) is 0 Å². The van der Waals surface area contributed by atoms with Crippen molar-refractivity contribution in [1.82, 2.24) is 9.97 Å². The second-order valence-electron chi connectivity index (χ2n) is 6.31. The molecule has 0 saturated carbocycles. The largest absolute Gasteiger partial charge is 0.476 e. The van der Waals surface area contributed by atoms with Gasteiger partial charge in [-0.2, -0.15) is 9.97 Å². The summed E-state index contributed by atoms with van der Waals surface area (Å²) in [5.41, 5.74) is 1.60. The van der Waals surface area contributed by atoms with Crippen molar-refractivity contribution >= 4 is 11.8 Å². The molecule has 2 aromatic rings. The molecule has 3 rings (SSSR count). The van der Waals surface area contributed by atoms with Crippen LogP contribution >= 0.6 is 0 Å². The number of hydrogen-bond donors (Lipinski definition) is 2. The molecule has 7 heteroatoms. The number of nitrogens with one attached hydrogen (secondary N) is 1. The molecule has 1 aromatic heterocycles.